The van der Waals surface area contributed by atoms with Gasteiger partial charge in [-0.3, -0.25) is 4.68 Å². The zero-order valence-corrected chi connectivity index (χ0v) is 11.2. The molecule has 2 heterocycles. The Morgan fingerprint density at radius 2 is 2.11 bits per heavy atom. The second-order valence-corrected chi connectivity index (χ2v) is 4.77. The molecule has 4 nitrogen and oxygen atoms in total. The molecule has 0 amide bonds. The van der Waals surface area contributed by atoms with E-state index in [0.29, 0.717) is 0 Å². The highest BCUT2D eigenvalue weighted by Gasteiger charge is 2.04. The molecule has 2 N–H and O–H groups in total. The summed E-state index contributed by atoms with van der Waals surface area (Å²) in [7, 11) is 0. The Kier molecular flexibility index (Phi) is 4.20. The fourth-order valence-corrected chi connectivity index (χ4v) is 2.03. The van der Waals surface area contributed by atoms with Gasteiger partial charge in [0.1, 0.15) is 0 Å². The Morgan fingerprint density at radius 1 is 1.28 bits per heavy atom. The van der Waals surface area contributed by atoms with Gasteiger partial charge in [0, 0.05) is 36.7 Å². The van der Waals surface area contributed by atoms with Crippen LogP contribution in [0.5, 0.6) is 0 Å². The number of rotatable bonds is 6. The predicted molar refractivity (Wildman–Crippen MR) is 73.4 cm³/mol. The number of hydrogen-bond acceptors (Lipinski definition) is 2. The van der Waals surface area contributed by atoms with Crippen molar-refractivity contribution in [2.75, 3.05) is 0 Å². The van der Waals surface area contributed by atoms with Crippen LogP contribution in [-0.4, -0.2) is 20.4 Å². The van der Waals surface area contributed by atoms with E-state index in [1.54, 1.807) is 0 Å². The van der Waals surface area contributed by atoms with Gasteiger partial charge in [-0.15, -0.1) is 0 Å². The maximum Gasteiger partial charge on any atom is 0.0539 e. The van der Waals surface area contributed by atoms with E-state index in [9.17, 15) is 0 Å². The van der Waals surface area contributed by atoms with Gasteiger partial charge in [0.15, 0.2) is 0 Å². The van der Waals surface area contributed by atoms with E-state index in [-0.39, 0.29) is 6.04 Å². The van der Waals surface area contributed by atoms with Crippen molar-refractivity contribution in [1.29, 1.82) is 0 Å². The SMILES string of the molecule is CCC(N)Cc1ccn(Cc2cnn(CC)c2)c1. The Bertz CT molecular complexity index is 483. The van der Waals surface area contributed by atoms with E-state index in [1.165, 1.54) is 11.1 Å². The summed E-state index contributed by atoms with van der Waals surface area (Å²) in [6, 6.07) is 2.42. The molecule has 1 atom stereocenters. The van der Waals surface area contributed by atoms with Crippen LogP contribution in [0.3, 0.4) is 0 Å². The Labute approximate surface area is 108 Å². The molecule has 0 bridgehead atoms. The van der Waals surface area contributed by atoms with Crippen molar-refractivity contribution in [3.8, 4) is 0 Å². The van der Waals surface area contributed by atoms with Crippen molar-refractivity contribution < 1.29 is 0 Å². The highest BCUT2D eigenvalue weighted by atomic mass is 15.3. The Hall–Kier alpha value is -1.55. The molecule has 2 aromatic rings. The monoisotopic (exact) mass is 246 g/mol. The van der Waals surface area contributed by atoms with Crippen molar-refractivity contribution in [1.82, 2.24) is 14.3 Å². The third kappa shape index (κ3) is 3.23. The van der Waals surface area contributed by atoms with Crippen LogP contribution < -0.4 is 5.73 Å². The molecule has 4 heteroatoms. The summed E-state index contributed by atoms with van der Waals surface area (Å²) in [4.78, 5) is 0. The van der Waals surface area contributed by atoms with Crippen LogP contribution in [0.25, 0.3) is 0 Å². The molecule has 0 radical (unpaired) electrons. The molecular weight excluding hydrogens is 224 g/mol. The number of hydrogen-bond donors (Lipinski definition) is 1. The van der Waals surface area contributed by atoms with Gasteiger partial charge in [0.2, 0.25) is 0 Å². The van der Waals surface area contributed by atoms with Crippen molar-refractivity contribution in [3.63, 3.8) is 0 Å². The molecule has 2 rings (SSSR count). The van der Waals surface area contributed by atoms with Gasteiger partial charge in [0.25, 0.3) is 0 Å². The summed E-state index contributed by atoms with van der Waals surface area (Å²) in [5.74, 6) is 0. The fraction of sp³-hybridized carbons (Fsp3) is 0.500. The van der Waals surface area contributed by atoms with Gasteiger partial charge in [-0.1, -0.05) is 6.92 Å². The quantitative estimate of drug-likeness (QED) is 0.848. The van der Waals surface area contributed by atoms with Crippen LogP contribution in [0, 0.1) is 0 Å². The summed E-state index contributed by atoms with van der Waals surface area (Å²) in [5.41, 5.74) is 8.51. The van der Waals surface area contributed by atoms with Crippen LogP contribution in [0.1, 0.15) is 31.4 Å². The molecule has 0 spiro atoms. The van der Waals surface area contributed by atoms with Gasteiger partial charge < -0.3 is 10.3 Å². The number of nitrogens with zero attached hydrogens (tertiary/aromatic N) is 3. The van der Waals surface area contributed by atoms with Gasteiger partial charge in [0.05, 0.1) is 12.7 Å². The first-order chi connectivity index (χ1) is 8.71. The molecule has 0 fully saturated rings. The lowest BCUT2D eigenvalue weighted by molar-refractivity contribution is 0.645. The molecule has 18 heavy (non-hydrogen) atoms. The van der Waals surface area contributed by atoms with Crippen LogP contribution >= 0.6 is 0 Å². The molecule has 0 aliphatic rings. The number of nitrogens with two attached hydrogens (primary N) is 1. The first kappa shape index (κ1) is 12.9. The lowest BCUT2D eigenvalue weighted by Gasteiger charge is -2.06. The number of aromatic nitrogens is 3. The lowest BCUT2D eigenvalue weighted by atomic mass is 10.1. The Balaban J connectivity index is 1.97. The number of aryl methyl sites for hydroxylation is 1. The molecule has 0 saturated carbocycles. The molecule has 0 aliphatic heterocycles. The Morgan fingerprint density at radius 3 is 2.78 bits per heavy atom. The molecular formula is C14H22N4. The molecule has 2 aromatic heterocycles. The van der Waals surface area contributed by atoms with Crippen molar-refractivity contribution in [3.05, 3.63) is 42.0 Å². The first-order valence-electron chi connectivity index (χ1n) is 6.62. The minimum atomic E-state index is 0.267. The molecule has 0 saturated heterocycles. The lowest BCUT2D eigenvalue weighted by Crippen LogP contribution is -2.21. The van der Waals surface area contributed by atoms with E-state index >= 15 is 0 Å². The molecule has 0 aliphatic carbocycles. The summed E-state index contributed by atoms with van der Waals surface area (Å²) in [6.45, 7) is 6.02. The maximum absolute atomic E-state index is 5.97. The maximum atomic E-state index is 5.97. The average molecular weight is 246 g/mol. The minimum Gasteiger partial charge on any atom is -0.350 e. The fourth-order valence-electron chi connectivity index (χ4n) is 2.03. The topological polar surface area (TPSA) is 48.8 Å². The van der Waals surface area contributed by atoms with Gasteiger partial charge in [-0.05, 0) is 31.4 Å². The van der Waals surface area contributed by atoms with Crippen LogP contribution in [0.4, 0.5) is 0 Å². The average Bonchev–Trinajstić information content (AvgIpc) is 2.99. The van der Waals surface area contributed by atoms with E-state index in [1.807, 2.05) is 10.9 Å². The summed E-state index contributed by atoms with van der Waals surface area (Å²) in [6.07, 6.45) is 10.3. The first-order valence-corrected chi connectivity index (χ1v) is 6.62. The van der Waals surface area contributed by atoms with Crippen LogP contribution in [0.2, 0.25) is 0 Å². The molecule has 0 aromatic carbocycles. The van der Waals surface area contributed by atoms with Crippen molar-refractivity contribution >= 4 is 0 Å². The second kappa shape index (κ2) is 5.87. The largest absolute Gasteiger partial charge is 0.350 e. The zero-order valence-electron chi connectivity index (χ0n) is 11.2. The molecule has 98 valence electrons. The van der Waals surface area contributed by atoms with E-state index in [4.69, 9.17) is 5.73 Å². The summed E-state index contributed by atoms with van der Waals surface area (Å²) >= 11 is 0. The van der Waals surface area contributed by atoms with Crippen LogP contribution in [-0.2, 0) is 19.5 Å². The van der Waals surface area contributed by atoms with Gasteiger partial charge >= 0.3 is 0 Å². The third-order valence-electron chi connectivity index (χ3n) is 3.21. The highest BCUT2D eigenvalue weighted by Crippen LogP contribution is 2.08. The van der Waals surface area contributed by atoms with Crippen molar-refractivity contribution in [2.24, 2.45) is 5.73 Å². The zero-order chi connectivity index (χ0) is 13.0. The smallest absolute Gasteiger partial charge is 0.0539 e. The van der Waals surface area contributed by atoms with E-state index < -0.39 is 0 Å². The van der Waals surface area contributed by atoms with Crippen molar-refractivity contribution in [2.45, 2.75) is 45.8 Å². The second-order valence-electron chi connectivity index (χ2n) is 4.77. The van der Waals surface area contributed by atoms with E-state index in [0.717, 1.165) is 25.9 Å². The highest BCUT2D eigenvalue weighted by molar-refractivity contribution is 5.14. The normalized spacial score (nSPS) is 12.8. The summed E-state index contributed by atoms with van der Waals surface area (Å²) in [5, 5.41) is 4.28. The van der Waals surface area contributed by atoms with E-state index in [2.05, 4.69) is 48.2 Å². The van der Waals surface area contributed by atoms with Gasteiger partial charge in [-0.2, -0.15) is 5.10 Å². The third-order valence-corrected chi connectivity index (χ3v) is 3.21. The van der Waals surface area contributed by atoms with Gasteiger partial charge in [-0.25, -0.2) is 0 Å². The standard InChI is InChI=1S/C14H22N4/c1-3-14(15)7-12-5-6-17(9-12)10-13-8-16-18(4-2)11-13/h5-6,8-9,11,14H,3-4,7,10,15H2,1-2H3. The predicted octanol–water partition coefficient (Wildman–Crippen LogP) is 2.03. The summed E-state index contributed by atoms with van der Waals surface area (Å²) < 4.78 is 4.14. The molecule has 1 unspecified atom stereocenters. The van der Waals surface area contributed by atoms with Crippen LogP contribution in [0.15, 0.2) is 30.9 Å². The minimum absolute atomic E-state index is 0.267.